The van der Waals surface area contributed by atoms with Crippen LogP contribution in [0.1, 0.15) is 110 Å². The summed E-state index contributed by atoms with van der Waals surface area (Å²) in [7, 11) is 0. The van der Waals surface area contributed by atoms with Gasteiger partial charge in [0.15, 0.2) is 0 Å². The van der Waals surface area contributed by atoms with Gasteiger partial charge in [-0.05, 0) is 48.8 Å². The van der Waals surface area contributed by atoms with Crippen LogP contribution in [0.2, 0.25) is 0 Å². The fourth-order valence-electron chi connectivity index (χ4n) is 2.92. The van der Waals surface area contributed by atoms with Crippen molar-refractivity contribution in [3.05, 3.63) is 30.1 Å². The number of thioether (sulfide) groups is 1. The molecule has 1 aromatic heterocycles. The lowest BCUT2D eigenvalue weighted by atomic mass is 10.0. The van der Waals surface area contributed by atoms with Gasteiger partial charge in [-0.15, -0.1) is 0 Å². The number of nitrogens with zero attached hydrogens (tertiary/aromatic N) is 1. The molecule has 0 N–H and O–H groups in total. The molecule has 2 heteroatoms. The average Bonchev–Trinajstić information content (AvgIpc) is 2.66. The second-order valence-corrected chi connectivity index (χ2v) is 8.54. The molecule has 0 aliphatic rings. The summed E-state index contributed by atoms with van der Waals surface area (Å²) in [4.78, 5) is 4.17. The van der Waals surface area contributed by atoms with Crippen LogP contribution in [0, 0.1) is 0 Å². The fraction of sp³-hybridized carbons (Fsp3) is 0.792. The molecule has 0 aromatic carbocycles. The van der Waals surface area contributed by atoms with Gasteiger partial charge in [-0.25, -0.2) is 0 Å². The number of unbranched alkanes of at least 4 members (excludes halogenated alkanes) is 10. The number of hydrogen-bond acceptors (Lipinski definition) is 2. The highest BCUT2D eigenvalue weighted by Crippen LogP contribution is 2.13. The normalized spacial score (nSPS) is 10.4. The topological polar surface area (TPSA) is 12.9 Å². The second kappa shape index (κ2) is 22.5. The van der Waals surface area contributed by atoms with Crippen LogP contribution < -0.4 is 0 Å². The molecule has 0 spiro atoms. The number of aromatic nitrogens is 1. The predicted molar refractivity (Wildman–Crippen MR) is 122 cm³/mol. The first-order valence-electron chi connectivity index (χ1n) is 11.3. The van der Waals surface area contributed by atoms with Gasteiger partial charge >= 0.3 is 0 Å². The molecular formula is C24H45NS. The lowest BCUT2D eigenvalue weighted by Crippen LogP contribution is -1.87. The first-order chi connectivity index (χ1) is 12.8. The molecular weight excluding hydrogens is 334 g/mol. The van der Waals surface area contributed by atoms with Crippen LogP contribution in [0.3, 0.4) is 0 Å². The molecule has 0 unspecified atom stereocenters. The van der Waals surface area contributed by atoms with Crippen LogP contribution in [-0.2, 0) is 6.42 Å². The maximum atomic E-state index is 4.17. The zero-order valence-corrected chi connectivity index (χ0v) is 18.8. The number of aryl methyl sites for hydroxylation is 1. The molecule has 0 fully saturated rings. The van der Waals surface area contributed by atoms with E-state index in [1.165, 1.54) is 107 Å². The van der Waals surface area contributed by atoms with Gasteiger partial charge in [0.25, 0.3) is 0 Å². The summed E-state index contributed by atoms with van der Waals surface area (Å²) in [5.41, 5.74) is 1.39. The van der Waals surface area contributed by atoms with Crippen molar-refractivity contribution in [2.24, 2.45) is 0 Å². The van der Waals surface area contributed by atoms with Gasteiger partial charge in [0, 0.05) is 12.4 Å². The fourth-order valence-corrected chi connectivity index (χ4v) is 3.82. The molecule has 26 heavy (non-hydrogen) atoms. The molecule has 152 valence electrons. The molecule has 1 heterocycles. The van der Waals surface area contributed by atoms with E-state index in [-0.39, 0.29) is 0 Å². The molecule has 0 saturated heterocycles. The average molecular weight is 380 g/mol. The highest BCUT2D eigenvalue weighted by Gasteiger charge is 1.95. The largest absolute Gasteiger partial charge is 0.264 e. The minimum atomic E-state index is 1.20. The molecule has 0 amide bonds. The van der Waals surface area contributed by atoms with E-state index < -0.39 is 0 Å². The minimum Gasteiger partial charge on any atom is -0.264 e. The van der Waals surface area contributed by atoms with Crippen LogP contribution >= 0.6 is 11.8 Å². The van der Waals surface area contributed by atoms with Crippen molar-refractivity contribution in [1.29, 1.82) is 0 Å². The third-order valence-corrected chi connectivity index (χ3v) is 5.60. The number of pyridine rings is 1. The summed E-state index contributed by atoms with van der Waals surface area (Å²) in [5.74, 6) is 2.73. The van der Waals surface area contributed by atoms with Crippen molar-refractivity contribution < 1.29 is 0 Å². The molecule has 0 aliphatic carbocycles. The summed E-state index contributed by atoms with van der Waals surface area (Å²) in [5, 5.41) is 0. The monoisotopic (exact) mass is 379 g/mol. The third kappa shape index (κ3) is 19.8. The summed E-state index contributed by atoms with van der Waals surface area (Å²) in [6.45, 7) is 6.52. The Labute approximate surface area is 169 Å². The Balaban J connectivity index is 0.00000194. The van der Waals surface area contributed by atoms with Crippen molar-refractivity contribution in [1.82, 2.24) is 4.98 Å². The molecule has 1 nitrogen and oxygen atoms in total. The van der Waals surface area contributed by atoms with Crippen LogP contribution in [0.4, 0.5) is 0 Å². The summed E-state index contributed by atoms with van der Waals surface area (Å²) in [6, 6.07) is 4.23. The van der Waals surface area contributed by atoms with Gasteiger partial charge in [-0.2, -0.15) is 11.8 Å². The van der Waals surface area contributed by atoms with Crippen molar-refractivity contribution in [2.75, 3.05) is 11.5 Å². The SMILES string of the molecule is CCC.CCCSCCCCCCCCCCCCCc1cccnc1. The lowest BCUT2D eigenvalue weighted by Gasteiger charge is -2.03. The zero-order chi connectivity index (χ0) is 19.1. The number of hydrogen-bond donors (Lipinski definition) is 0. The van der Waals surface area contributed by atoms with E-state index in [9.17, 15) is 0 Å². The maximum absolute atomic E-state index is 4.17. The van der Waals surface area contributed by atoms with E-state index >= 15 is 0 Å². The van der Waals surface area contributed by atoms with Crippen LogP contribution in [0.5, 0.6) is 0 Å². The minimum absolute atomic E-state index is 1.20. The predicted octanol–water partition coefficient (Wildman–Crippen LogP) is 8.47. The van der Waals surface area contributed by atoms with E-state index in [0.717, 1.165) is 0 Å². The molecule has 0 saturated carbocycles. The van der Waals surface area contributed by atoms with Gasteiger partial charge in [-0.1, -0.05) is 91.0 Å². The molecule has 0 bridgehead atoms. The van der Waals surface area contributed by atoms with Gasteiger partial charge in [0.2, 0.25) is 0 Å². The second-order valence-electron chi connectivity index (χ2n) is 7.32. The Morgan fingerprint density at radius 2 is 1.27 bits per heavy atom. The Hall–Kier alpha value is -0.500. The van der Waals surface area contributed by atoms with E-state index in [1.54, 1.807) is 0 Å². The Bertz CT molecular complexity index is 352. The first-order valence-corrected chi connectivity index (χ1v) is 12.5. The van der Waals surface area contributed by atoms with Crippen molar-refractivity contribution >= 4 is 11.8 Å². The van der Waals surface area contributed by atoms with Gasteiger partial charge in [0.1, 0.15) is 0 Å². The summed E-state index contributed by atoms with van der Waals surface area (Å²) >= 11 is 2.13. The maximum Gasteiger partial charge on any atom is 0.0299 e. The van der Waals surface area contributed by atoms with E-state index in [4.69, 9.17) is 0 Å². The van der Waals surface area contributed by atoms with E-state index in [2.05, 4.69) is 43.6 Å². The standard InChI is InChI=1S/C21H37NS.C3H8/c1-2-18-23-19-13-11-9-7-5-3-4-6-8-10-12-15-21-16-14-17-22-20-21;1-3-2/h14,16-17,20H,2-13,15,18-19H2,1H3;3H2,1-2H3. The summed E-state index contributed by atoms with van der Waals surface area (Å²) in [6.07, 6.45) is 23.3. The van der Waals surface area contributed by atoms with Gasteiger partial charge < -0.3 is 0 Å². The Kier molecular flexibility index (Phi) is 22.1. The molecule has 0 radical (unpaired) electrons. The zero-order valence-electron chi connectivity index (χ0n) is 18.0. The van der Waals surface area contributed by atoms with Crippen LogP contribution in [-0.4, -0.2) is 16.5 Å². The van der Waals surface area contributed by atoms with Crippen molar-refractivity contribution in [3.63, 3.8) is 0 Å². The molecule has 1 aromatic rings. The smallest absolute Gasteiger partial charge is 0.0299 e. The Morgan fingerprint density at radius 3 is 1.77 bits per heavy atom. The van der Waals surface area contributed by atoms with Gasteiger partial charge in [-0.3, -0.25) is 4.98 Å². The lowest BCUT2D eigenvalue weighted by molar-refractivity contribution is 0.550. The molecule has 0 aliphatic heterocycles. The van der Waals surface area contributed by atoms with Crippen molar-refractivity contribution in [3.8, 4) is 0 Å². The molecule has 1 rings (SSSR count). The van der Waals surface area contributed by atoms with E-state index in [1.807, 2.05) is 18.5 Å². The highest BCUT2D eigenvalue weighted by molar-refractivity contribution is 7.99. The quantitative estimate of drug-likeness (QED) is 0.267. The van der Waals surface area contributed by atoms with Gasteiger partial charge in [0.05, 0.1) is 0 Å². The molecule has 0 atom stereocenters. The highest BCUT2D eigenvalue weighted by atomic mass is 32.2. The van der Waals surface area contributed by atoms with Crippen molar-refractivity contribution in [2.45, 2.75) is 111 Å². The van der Waals surface area contributed by atoms with Crippen LogP contribution in [0.25, 0.3) is 0 Å². The third-order valence-electron chi connectivity index (χ3n) is 4.33. The van der Waals surface area contributed by atoms with Crippen LogP contribution in [0.15, 0.2) is 24.5 Å². The number of rotatable bonds is 16. The first kappa shape index (κ1) is 25.5. The summed E-state index contributed by atoms with van der Waals surface area (Å²) < 4.78 is 0. The Morgan fingerprint density at radius 1 is 0.731 bits per heavy atom. The van der Waals surface area contributed by atoms with E-state index in [0.29, 0.717) is 0 Å².